The minimum atomic E-state index is 0.188. The van der Waals surface area contributed by atoms with Gasteiger partial charge < -0.3 is 10.4 Å². The maximum absolute atomic E-state index is 9.65. The van der Waals surface area contributed by atoms with Crippen molar-refractivity contribution >= 4 is 0 Å². The van der Waals surface area contributed by atoms with Gasteiger partial charge in [0, 0.05) is 24.6 Å². The number of benzene rings is 1. The Morgan fingerprint density at radius 2 is 1.90 bits per heavy atom. The smallest absolute Gasteiger partial charge is 0.0499 e. The Hall–Kier alpha value is -0.860. The van der Waals surface area contributed by atoms with Gasteiger partial charge in [-0.2, -0.15) is 0 Å². The Balaban J connectivity index is 1.48. The molecule has 0 unspecified atom stereocenters. The van der Waals surface area contributed by atoms with Crippen LogP contribution in [0.15, 0.2) is 24.3 Å². The molecule has 0 aromatic heterocycles. The van der Waals surface area contributed by atoms with Crippen LogP contribution in [-0.2, 0) is 0 Å². The molecule has 1 aromatic rings. The number of rotatable bonds is 5. The molecule has 2 nitrogen and oxygen atoms in total. The topological polar surface area (TPSA) is 32.3 Å². The van der Waals surface area contributed by atoms with E-state index in [0.717, 1.165) is 12.5 Å². The van der Waals surface area contributed by atoms with Crippen LogP contribution in [0.2, 0.25) is 0 Å². The molecule has 0 saturated heterocycles. The number of aliphatic hydroxyl groups excluding tert-OH is 1. The van der Waals surface area contributed by atoms with Gasteiger partial charge in [-0.05, 0) is 49.7 Å². The third-order valence-corrected chi connectivity index (χ3v) is 5.53. The van der Waals surface area contributed by atoms with Gasteiger partial charge in [0.25, 0.3) is 0 Å². The van der Waals surface area contributed by atoms with Gasteiger partial charge in [-0.1, -0.05) is 37.1 Å². The highest BCUT2D eigenvalue weighted by Gasteiger charge is 2.36. The first-order valence-corrected chi connectivity index (χ1v) is 8.12. The molecule has 110 valence electrons. The van der Waals surface area contributed by atoms with Crippen LogP contribution < -0.4 is 5.32 Å². The number of nitrogens with one attached hydrogen (secondary N) is 1. The van der Waals surface area contributed by atoms with Gasteiger partial charge in [0.2, 0.25) is 0 Å². The summed E-state index contributed by atoms with van der Waals surface area (Å²) in [5.74, 6) is 0.738. The molecule has 0 spiro atoms. The highest BCUT2D eigenvalue weighted by Crippen LogP contribution is 2.40. The Kier molecular flexibility index (Phi) is 4.13. The van der Waals surface area contributed by atoms with Crippen LogP contribution in [0.4, 0.5) is 0 Å². The minimum Gasteiger partial charge on any atom is -0.396 e. The average Bonchev–Trinajstić information content (AvgIpc) is 2.88. The second-order valence-corrected chi connectivity index (χ2v) is 6.97. The zero-order chi connectivity index (χ0) is 14.0. The second kappa shape index (κ2) is 5.87. The molecular weight excluding hydrogens is 246 g/mol. The monoisotopic (exact) mass is 273 g/mol. The molecule has 0 aliphatic heterocycles. The largest absolute Gasteiger partial charge is 0.396 e. The van der Waals surface area contributed by atoms with Crippen molar-refractivity contribution in [2.45, 2.75) is 57.4 Å². The van der Waals surface area contributed by atoms with Crippen molar-refractivity contribution < 1.29 is 5.11 Å². The molecule has 2 heteroatoms. The lowest BCUT2D eigenvalue weighted by atomic mass is 9.74. The Morgan fingerprint density at radius 3 is 2.55 bits per heavy atom. The van der Waals surface area contributed by atoms with Gasteiger partial charge in [-0.3, -0.25) is 0 Å². The van der Waals surface area contributed by atoms with Crippen LogP contribution in [0.1, 0.15) is 55.6 Å². The van der Waals surface area contributed by atoms with Crippen molar-refractivity contribution in [3.05, 3.63) is 35.4 Å². The van der Waals surface area contributed by atoms with Crippen molar-refractivity contribution in [1.29, 1.82) is 0 Å². The fourth-order valence-corrected chi connectivity index (χ4v) is 3.96. The minimum absolute atomic E-state index is 0.188. The maximum Gasteiger partial charge on any atom is 0.0499 e. The zero-order valence-electron chi connectivity index (χ0n) is 12.6. The fourth-order valence-electron chi connectivity index (χ4n) is 3.96. The molecule has 3 rings (SSSR count). The van der Waals surface area contributed by atoms with Gasteiger partial charge in [0.1, 0.15) is 0 Å². The Morgan fingerprint density at radius 1 is 1.20 bits per heavy atom. The van der Waals surface area contributed by atoms with E-state index in [9.17, 15) is 5.11 Å². The summed E-state index contributed by atoms with van der Waals surface area (Å²) in [6.07, 6.45) is 7.49. The van der Waals surface area contributed by atoms with Crippen molar-refractivity contribution in [1.82, 2.24) is 5.32 Å². The van der Waals surface area contributed by atoms with E-state index in [4.69, 9.17) is 0 Å². The van der Waals surface area contributed by atoms with E-state index < -0.39 is 0 Å². The lowest BCUT2D eigenvalue weighted by Gasteiger charge is -2.39. The predicted octanol–water partition coefficient (Wildman–Crippen LogP) is 3.38. The first-order chi connectivity index (χ1) is 9.72. The van der Waals surface area contributed by atoms with E-state index in [0.29, 0.717) is 12.6 Å². The highest BCUT2D eigenvalue weighted by molar-refractivity contribution is 5.31. The first-order valence-electron chi connectivity index (χ1n) is 8.12. The molecule has 2 aliphatic rings. The van der Waals surface area contributed by atoms with E-state index in [-0.39, 0.29) is 5.41 Å². The molecule has 0 amide bonds. The van der Waals surface area contributed by atoms with E-state index in [1.54, 1.807) is 0 Å². The molecular formula is C18H27NO. The van der Waals surface area contributed by atoms with Crippen LogP contribution in [0.3, 0.4) is 0 Å². The van der Waals surface area contributed by atoms with Gasteiger partial charge in [0.15, 0.2) is 0 Å². The molecule has 0 atom stereocenters. The third-order valence-electron chi connectivity index (χ3n) is 5.53. The summed E-state index contributed by atoms with van der Waals surface area (Å²) in [6, 6.07) is 9.43. The SMILES string of the molecule is Cc1ccccc1C1CC(NCC2(CO)CCCC2)C1. The molecule has 1 aromatic carbocycles. The summed E-state index contributed by atoms with van der Waals surface area (Å²) < 4.78 is 0. The molecule has 0 radical (unpaired) electrons. The Labute approximate surface area is 122 Å². The van der Waals surface area contributed by atoms with Gasteiger partial charge in [0.05, 0.1) is 0 Å². The summed E-state index contributed by atoms with van der Waals surface area (Å²) in [5.41, 5.74) is 3.15. The standard InChI is InChI=1S/C18H27NO/c1-14-6-2-3-7-17(14)15-10-16(11-15)19-12-18(13-20)8-4-5-9-18/h2-3,6-7,15-16,19-20H,4-5,8-13H2,1H3. The first kappa shape index (κ1) is 14.1. The van der Waals surface area contributed by atoms with Crippen molar-refractivity contribution in [2.24, 2.45) is 5.41 Å². The number of aliphatic hydroxyl groups is 1. The van der Waals surface area contributed by atoms with Gasteiger partial charge in [-0.25, -0.2) is 0 Å². The zero-order valence-corrected chi connectivity index (χ0v) is 12.6. The Bertz CT molecular complexity index is 444. The fraction of sp³-hybridized carbons (Fsp3) is 0.667. The van der Waals surface area contributed by atoms with Crippen LogP contribution in [-0.4, -0.2) is 24.3 Å². The van der Waals surface area contributed by atoms with E-state index in [1.807, 2.05) is 0 Å². The lowest BCUT2D eigenvalue weighted by molar-refractivity contribution is 0.117. The molecule has 0 bridgehead atoms. The summed E-state index contributed by atoms with van der Waals surface area (Å²) in [7, 11) is 0. The number of hydrogen-bond donors (Lipinski definition) is 2. The molecule has 2 aliphatic carbocycles. The number of hydrogen-bond acceptors (Lipinski definition) is 2. The quantitative estimate of drug-likeness (QED) is 0.862. The molecule has 2 saturated carbocycles. The summed E-state index contributed by atoms with van der Waals surface area (Å²) >= 11 is 0. The van der Waals surface area contributed by atoms with E-state index in [2.05, 4.69) is 36.5 Å². The number of aryl methyl sites for hydroxylation is 1. The molecule has 2 N–H and O–H groups in total. The predicted molar refractivity (Wildman–Crippen MR) is 82.9 cm³/mol. The lowest BCUT2D eigenvalue weighted by Crippen LogP contribution is -2.46. The van der Waals surface area contributed by atoms with E-state index in [1.165, 1.54) is 49.7 Å². The molecule has 2 fully saturated rings. The van der Waals surface area contributed by atoms with Crippen molar-refractivity contribution in [2.75, 3.05) is 13.2 Å². The normalized spacial score (nSPS) is 28.3. The summed E-state index contributed by atoms with van der Waals surface area (Å²) in [5, 5.41) is 13.4. The highest BCUT2D eigenvalue weighted by atomic mass is 16.3. The summed E-state index contributed by atoms with van der Waals surface area (Å²) in [4.78, 5) is 0. The van der Waals surface area contributed by atoms with Gasteiger partial charge in [-0.15, -0.1) is 0 Å². The maximum atomic E-state index is 9.65. The molecule has 20 heavy (non-hydrogen) atoms. The van der Waals surface area contributed by atoms with E-state index >= 15 is 0 Å². The second-order valence-electron chi connectivity index (χ2n) is 6.97. The summed E-state index contributed by atoms with van der Waals surface area (Å²) in [6.45, 7) is 3.58. The van der Waals surface area contributed by atoms with Crippen LogP contribution >= 0.6 is 0 Å². The van der Waals surface area contributed by atoms with Crippen molar-refractivity contribution in [3.63, 3.8) is 0 Å². The molecule has 0 heterocycles. The van der Waals surface area contributed by atoms with Gasteiger partial charge >= 0.3 is 0 Å². The van der Waals surface area contributed by atoms with Crippen LogP contribution in [0.25, 0.3) is 0 Å². The third kappa shape index (κ3) is 2.77. The van der Waals surface area contributed by atoms with Crippen LogP contribution in [0.5, 0.6) is 0 Å². The van der Waals surface area contributed by atoms with Crippen LogP contribution in [0, 0.1) is 12.3 Å². The van der Waals surface area contributed by atoms with Crippen molar-refractivity contribution in [3.8, 4) is 0 Å². The average molecular weight is 273 g/mol.